The minimum absolute atomic E-state index is 0.205. The third-order valence-corrected chi connectivity index (χ3v) is 2.44. The minimum atomic E-state index is -0.984. The predicted molar refractivity (Wildman–Crippen MR) is 52.3 cm³/mol. The summed E-state index contributed by atoms with van der Waals surface area (Å²) in [5.74, 6) is -0.984. The van der Waals surface area contributed by atoms with Gasteiger partial charge in [-0.3, -0.25) is 0 Å². The van der Waals surface area contributed by atoms with Crippen LogP contribution in [0.4, 0.5) is 5.69 Å². The fourth-order valence-electron chi connectivity index (χ4n) is 1.12. The molecule has 0 fully saturated rings. The molecule has 0 saturated carbocycles. The molecule has 0 aliphatic carbocycles. The maximum atomic E-state index is 10.7. The third-order valence-electron chi connectivity index (χ3n) is 2.13. The van der Waals surface area contributed by atoms with Gasteiger partial charge in [0.1, 0.15) is 0 Å². The number of carboxylic acid groups (broad SMARTS) is 1. The SMILES string of the molecule is Cc1c(C(=O)O)cc(Cl)c(N)c1C. The monoisotopic (exact) mass is 199 g/mol. The van der Waals surface area contributed by atoms with E-state index in [4.69, 9.17) is 22.4 Å². The molecular weight excluding hydrogens is 190 g/mol. The van der Waals surface area contributed by atoms with E-state index in [0.717, 1.165) is 5.56 Å². The topological polar surface area (TPSA) is 63.3 Å². The van der Waals surface area contributed by atoms with Gasteiger partial charge in [-0.1, -0.05) is 11.6 Å². The molecule has 4 heteroatoms. The molecular formula is C9H10ClNO2. The Morgan fingerprint density at radius 3 is 2.46 bits per heavy atom. The number of nitrogens with two attached hydrogens (primary N) is 1. The van der Waals surface area contributed by atoms with E-state index >= 15 is 0 Å². The summed E-state index contributed by atoms with van der Waals surface area (Å²) in [6, 6.07) is 1.38. The highest BCUT2D eigenvalue weighted by Crippen LogP contribution is 2.28. The van der Waals surface area contributed by atoms with Gasteiger partial charge in [-0.05, 0) is 31.0 Å². The molecule has 13 heavy (non-hydrogen) atoms. The molecule has 0 bridgehead atoms. The van der Waals surface area contributed by atoms with Gasteiger partial charge in [-0.25, -0.2) is 4.79 Å². The Morgan fingerprint density at radius 2 is 2.00 bits per heavy atom. The summed E-state index contributed by atoms with van der Waals surface area (Å²) < 4.78 is 0. The molecule has 0 aromatic heterocycles. The molecule has 0 aliphatic rings. The van der Waals surface area contributed by atoms with Gasteiger partial charge in [0.2, 0.25) is 0 Å². The van der Waals surface area contributed by atoms with Crippen LogP contribution < -0.4 is 5.73 Å². The van der Waals surface area contributed by atoms with Crippen molar-refractivity contribution in [2.24, 2.45) is 0 Å². The molecule has 0 spiro atoms. The van der Waals surface area contributed by atoms with Crippen molar-refractivity contribution in [1.29, 1.82) is 0 Å². The van der Waals surface area contributed by atoms with Crippen LogP contribution in [0.3, 0.4) is 0 Å². The Morgan fingerprint density at radius 1 is 1.46 bits per heavy atom. The van der Waals surface area contributed by atoms with Gasteiger partial charge < -0.3 is 10.8 Å². The molecule has 1 aromatic rings. The first-order valence-electron chi connectivity index (χ1n) is 3.73. The number of anilines is 1. The quantitative estimate of drug-likeness (QED) is 0.682. The smallest absolute Gasteiger partial charge is 0.336 e. The first-order chi connectivity index (χ1) is 5.95. The molecule has 0 saturated heterocycles. The van der Waals surface area contributed by atoms with Crippen LogP contribution in [0.25, 0.3) is 0 Å². The highest BCUT2D eigenvalue weighted by Gasteiger charge is 2.13. The number of halogens is 1. The van der Waals surface area contributed by atoms with Crippen LogP contribution in [0.15, 0.2) is 6.07 Å². The lowest BCUT2D eigenvalue weighted by Gasteiger charge is -2.09. The van der Waals surface area contributed by atoms with E-state index in [1.165, 1.54) is 6.07 Å². The zero-order valence-corrected chi connectivity index (χ0v) is 8.14. The van der Waals surface area contributed by atoms with Crippen molar-refractivity contribution in [3.63, 3.8) is 0 Å². The standard InChI is InChI=1S/C9H10ClNO2/c1-4-5(2)8(11)7(10)3-6(4)9(12)13/h3H,11H2,1-2H3,(H,12,13). The molecule has 0 amide bonds. The van der Waals surface area contributed by atoms with Crippen LogP contribution in [0.2, 0.25) is 5.02 Å². The Hall–Kier alpha value is -1.22. The minimum Gasteiger partial charge on any atom is -0.478 e. The highest BCUT2D eigenvalue weighted by atomic mass is 35.5. The second kappa shape index (κ2) is 3.26. The molecule has 1 aromatic carbocycles. The van der Waals surface area contributed by atoms with Gasteiger partial charge in [0.15, 0.2) is 0 Å². The summed E-state index contributed by atoms with van der Waals surface area (Å²) in [6.07, 6.45) is 0. The van der Waals surface area contributed by atoms with Gasteiger partial charge in [0.05, 0.1) is 16.3 Å². The van der Waals surface area contributed by atoms with E-state index in [-0.39, 0.29) is 5.56 Å². The molecule has 0 atom stereocenters. The van der Waals surface area contributed by atoms with E-state index < -0.39 is 5.97 Å². The van der Waals surface area contributed by atoms with Crippen molar-refractivity contribution in [3.8, 4) is 0 Å². The first kappa shape index (κ1) is 9.86. The van der Waals surface area contributed by atoms with Gasteiger partial charge in [0, 0.05) is 0 Å². The zero-order valence-electron chi connectivity index (χ0n) is 7.39. The summed E-state index contributed by atoms with van der Waals surface area (Å²) in [7, 11) is 0. The van der Waals surface area contributed by atoms with Crippen LogP contribution in [0, 0.1) is 13.8 Å². The molecule has 0 heterocycles. The molecule has 1 rings (SSSR count). The van der Waals surface area contributed by atoms with Crippen molar-refractivity contribution in [1.82, 2.24) is 0 Å². The van der Waals surface area contributed by atoms with Gasteiger partial charge in [-0.2, -0.15) is 0 Å². The largest absolute Gasteiger partial charge is 0.478 e. The molecule has 0 radical (unpaired) electrons. The molecule has 3 N–H and O–H groups in total. The highest BCUT2D eigenvalue weighted by molar-refractivity contribution is 6.33. The van der Waals surface area contributed by atoms with E-state index in [1.807, 2.05) is 0 Å². The predicted octanol–water partition coefficient (Wildman–Crippen LogP) is 2.24. The zero-order chi connectivity index (χ0) is 10.2. The average molecular weight is 200 g/mol. The number of rotatable bonds is 1. The summed E-state index contributed by atoms with van der Waals surface area (Å²) in [5, 5.41) is 9.10. The number of nitrogen functional groups attached to an aromatic ring is 1. The van der Waals surface area contributed by atoms with Gasteiger partial charge >= 0.3 is 5.97 Å². The van der Waals surface area contributed by atoms with Crippen molar-refractivity contribution in [2.45, 2.75) is 13.8 Å². The number of hydrogen-bond donors (Lipinski definition) is 2. The van der Waals surface area contributed by atoms with E-state index in [0.29, 0.717) is 16.3 Å². The molecule has 0 unspecified atom stereocenters. The van der Waals surface area contributed by atoms with Crippen LogP contribution in [0.5, 0.6) is 0 Å². The summed E-state index contributed by atoms with van der Waals surface area (Å²) in [5.41, 5.74) is 7.67. The fraction of sp³-hybridized carbons (Fsp3) is 0.222. The lowest BCUT2D eigenvalue weighted by Crippen LogP contribution is -2.04. The Bertz CT molecular complexity index is 374. The second-order valence-electron chi connectivity index (χ2n) is 2.87. The van der Waals surface area contributed by atoms with Crippen molar-refractivity contribution in [2.75, 3.05) is 5.73 Å². The maximum absolute atomic E-state index is 10.7. The van der Waals surface area contributed by atoms with E-state index in [1.54, 1.807) is 13.8 Å². The third kappa shape index (κ3) is 1.60. The summed E-state index contributed by atoms with van der Waals surface area (Å²) >= 11 is 5.75. The molecule has 3 nitrogen and oxygen atoms in total. The Labute approximate surface area is 81.1 Å². The number of carbonyl (C=O) groups is 1. The molecule has 0 aliphatic heterocycles. The Balaban J connectivity index is 3.50. The Kier molecular flexibility index (Phi) is 2.48. The first-order valence-corrected chi connectivity index (χ1v) is 4.11. The van der Waals surface area contributed by atoms with Gasteiger partial charge in [0.25, 0.3) is 0 Å². The van der Waals surface area contributed by atoms with Gasteiger partial charge in [-0.15, -0.1) is 0 Å². The van der Waals surface area contributed by atoms with Crippen molar-refractivity contribution in [3.05, 3.63) is 27.8 Å². The van der Waals surface area contributed by atoms with Crippen LogP contribution in [-0.4, -0.2) is 11.1 Å². The van der Waals surface area contributed by atoms with Crippen LogP contribution in [0.1, 0.15) is 21.5 Å². The van der Waals surface area contributed by atoms with Crippen molar-refractivity contribution < 1.29 is 9.90 Å². The van der Waals surface area contributed by atoms with Crippen molar-refractivity contribution >= 4 is 23.3 Å². The fourth-order valence-corrected chi connectivity index (χ4v) is 1.37. The lowest BCUT2D eigenvalue weighted by atomic mass is 10.0. The normalized spacial score (nSPS) is 10.1. The summed E-state index contributed by atoms with van der Waals surface area (Å²) in [6.45, 7) is 3.47. The maximum Gasteiger partial charge on any atom is 0.336 e. The lowest BCUT2D eigenvalue weighted by molar-refractivity contribution is 0.0696. The number of hydrogen-bond acceptors (Lipinski definition) is 2. The number of carboxylic acids is 1. The van der Waals surface area contributed by atoms with Crippen LogP contribution >= 0.6 is 11.6 Å². The number of benzene rings is 1. The molecule has 70 valence electrons. The second-order valence-corrected chi connectivity index (χ2v) is 3.28. The summed E-state index contributed by atoms with van der Waals surface area (Å²) in [4.78, 5) is 10.7. The number of aromatic carboxylic acids is 1. The van der Waals surface area contributed by atoms with Crippen LogP contribution in [-0.2, 0) is 0 Å². The average Bonchev–Trinajstić information content (AvgIpc) is 2.07. The van der Waals surface area contributed by atoms with E-state index in [2.05, 4.69) is 0 Å². The van der Waals surface area contributed by atoms with E-state index in [9.17, 15) is 4.79 Å².